The molecule has 0 bridgehead atoms. The summed E-state index contributed by atoms with van der Waals surface area (Å²) in [4.78, 5) is 3.75. The second-order valence-electron chi connectivity index (χ2n) is 5.97. The predicted molar refractivity (Wildman–Crippen MR) is 105 cm³/mol. The summed E-state index contributed by atoms with van der Waals surface area (Å²) in [6, 6.07) is 14.4. The molecular weight excluding hydrogens is 341 g/mol. The lowest BCUT2D eigenvalue weighted by Gasteiger charge is -2.31. The molecule has 2 aromatic rings. The number of halogens is 1. The maximum atomic E-state index is 13.0. The van der Waals surface area contributed by atoms with E-state index in [2.05, 4.69) is 42.3 Å². The summed E-state index contributed by atoms with van der Waals surface area (Å²) in [6.07, 6.45) is 1.45. The molecule has 1 N–H and O–H groups in total. The number of piperidine rings is 1. The van der Waals surface area contributed by atoms with E-state index < -0.39 is 0 Å². The lowest BCUT2D eigenvalue weighted by molar-refractivity contribution is 0.145. The van der Waals surface area contributed by atoms with E-state index in [4.69, 9.17) is 0 Å². The van der Waals surface area contributed by atoms with Crippen LogP contribution in [0.2, 0.25) is 0 Å². The molecule has 0 aliphatic carbocycles. The van der Waals surface area contributed by atoms with Gasteiger partial charge in [0, 0.05) is 28.6 Å². The minimum Gasteiger partial charge on any atom is -0.393 e. The average molecular weight is 362 g/mol. The van der Waals surface area contributed by atoms with Crippen molar-refractivity contribution in [3.05, 3.63) is 65.5 Å². The van der Waals surface area contributed by atoms with E-state index in [9.17, 15) is 9.50 Å². The third kappa shape index (κ3) is 3.97. The summed E-state index contributed by atoms with van der Waals surface area (Å²) in [5.41, 5.74) is 2.95. The predicted octanol–water partition coefficient (Wildman–Crippen LogP) is 4.47. The Morgan fingerprint density at radius 1 is 0.875 bits per heavy atom. The highest BCUT2D eigenvalue weighted by atomic mass is 32.1. The van der Waals surface area contributed by atoms with Gasteiger partial charge in [0.15, 0.2) is 0 Å². The van der Waals surface area contributed by atoms with Gasteiger partial charge in [0.1, 0.15) is 5.82 Å². The van der Waals surface area contributed by atoms with Crippen LogP contribution >= 0.6 is 25.3 Å². The van der Waals surface area contributed by atoms with E-state index in [-0.39, 0.29) is 11.9 Å². The molecular formula is C19H20FNOS2. The standard InChI is InChI=1S/C19H20FNOS2/c20-15-5-1-13(2-6-15)18(23)19(24)14-3-7-16(8-4-14)21-11-9-17(22)10-12-21/h1-8,17,22-24H,9-12H2/b19-18-. The Morgan fingerprint density at radius 2 is 1.33 bits per heavy atom. The molecule has 0 saturated carbocycles. The van der Waals surface area contributed by atoms with Crippen LogP contribution in [0.3, 0.4) is 0 Å². The Hall–Kier alpha value is -1.43. The summed E-state index contributed by atoms with van der Waals surface area (Å²) < 4.78 is 13.0. The monoisotopic (exact) mass is 361 g/mol. The van der Waals surface area contributed by atoms with Crippen LogP contribution < -0.4 is 4.90 Å². The number of thiol groups is 2. The zero-order chi connectivity index (χ0) is 17.1. The minimum absolute atomic E-state index is 0.171. The number of nitrogens with zero attached hydrogens (tertiary/aromatic N) is 1. The number of anilines is 1. The van der Waals surface area contributed by atoms with Crippen molar-refractivity contribution in [2.45, 2.75) is 18.9 Å². The second kappa shape index (κ2) is 7.64. The van der Waals surface area contributed by atoms with Crippen molar-refractivity contribution in [2.24, 2.45) is 0 Å². The van der Waals surface area contributed by atoms with Crippen LogP contribution in [0.1, 0.15) is 24.0 Å². The van der Waals surface area contributed by atoms with Gasteiger partial charge >= 0.3 is 0 Å². The Morgan fingerprint density at radius 3 is 1.83 bits per heavy atom. The molecule has 5 heteroatoms. The first kappa shape index (κ1) is 17.4. The molecule has 1 saturated heterocycles. The van der Waals surface area contributed by atoms with Crippen molar-refractivity contribution in [3.63, 3.8) is 0 Å². The van der Waals surface area contributed by atoms with Gasteiger partial charge in [-0.15, -0.1) is 25.3 Å². The number of aliphatic hydroxyl groups is 1. The maximum Gasteiger partial charge on any atom is 0.123 e. The van der Waals surface area contributed by atoms with Crippen LogP contribution in [0, 0.1) is 5.82 Å². The van der Waals surface area contributed by atoms with E-state index in [0.717, 1.165) is 47.7 Å². The first-order valence-electron chi connectivity index (χ1n) is 7.96. The highest BCUT2D eigenvalue weighted by Crippen LogP contribution is 2.33. The number of hydrogen-bond acceptors (Lipinski definition) is 4. The SMILES string of the molecule is OC1CCN(c2ccc(/C(S)=C(/S)c3ccc(F)cc3)cc2)CC1. The zero-order valence-corrected chi connectivity index (χ0v) is 15.0. The average Bonchev–Trinajstić information content (AvgIpc) is 2.62. The van der Waals surface area contributed by atoms with Gasteiger partial charge in [-0.1, -0.05) is 24.3 Å². The van der Waals surface area contributed by atoms with Crippen LogP contribution in [-0.2, 0) is 0 Å². The van der Waals surface area contributed by atoms with Gasteiger partial charge < -0.3 is 10.0 Å². The summed E-state index contributed by atoms with van der Waals surface area (Å²) in [7, 11) is 0. The molecule has 1 fully saturated rings. The lowest BCUT2D eigenvalue weighted by atomic mass is 10.1. The van der Waals surface area contributed by atoms with Gasteiger partial charge in [-0.05, 0) is 48.2 Å². The third-order valence-corrected chi connectivity index (χ3v) is 5.45. The molecule has 0 radical (unpaired) electrons. The van der Waals surface area contributed by atoms with Crippen molar-refractivity contribution in [1.82, 2.24) is 0 Å². The van der Waals surface area contributed by atoms with Gasteiger partial charge in [-0.2, -0.15) is 0 Å². The largest absolute Gasteiger partial charge is 0.393 e. The molecule has 0 unspecified atom stereocenters. The van der Waals surface area contributed by atoms with E-state index in [1.807, 2.05) is 12.1 Å². The fraction of sp³-hybridized carbons (Fsp3) is 0.263. The number of benzene rings is 2. The number of aliphatic hydroxyl groups excluding tert-OH is 1. The minimum atomic E-state index is -0.267. The van der Waals surface area contributed by atoms with E-state index in [0.29, 0.717) is 4.91 Å². The Kier molecular flexibility index (Phi) is 5.54. The molecule has 0 amide bonds. The normalized spacial score (nSPS) is 16.9. The van der Waals surface area contributed by atoms with Gasteiger partial charge in [0.05, 0.1) is 6.10 Å². The van der Waals surface area contributed by atoms with Crippen molar-refractivity contribution in [1.29, 1.82) is 0 Å². The smallest absolute Gasteiger partial charge is 0.123 e. The van der Waals surface area contributed by atoms with E-state index in [1.54, 1.807) is 12.1 Å². The van der Waals surface area contributed by atoms with E-state index >= 15 is 0 Å². The highest BCUT2D eigenvalue weighted by Gasteiger charge is 2.17. The number of rotatable bonds is 3. The van der Waals surface area contributed by atoms with Crippen LogP contribution in [0.5, 0.6) is 0 Å². The molecule has 1 heterocycles. The maximum absolute atomic E-state index is 13.0. The molecule has 24 heavy (non-hydrogen) atoms. The van der Waals surface area contributed by atoms with Crippen LogP contribution in [0.25, 0.3) is 9.81 Å². The molecule has 1 aliphatic heterocycles. The molecule has 0 aromatic heterocycles. The summed E-state index contributed by atoms with van der Waals surface area (Å²) in [5, 5.41) is 9.60. The molecule has 126 valence electrons. The first-order valence-corrected chi connectivity index (χ1v) is 8.85. The number of hydrogen-bond donors (Lipinski definition) is 3. The van der Waals surface area contributed by atoms with Crippen molar-refractivity contribution < 1.29 is 9.50 Å². The molecule has 0 spiro atoms. The fourth-order valence-electron chi connectivity index (χ4n) is 2.84. The van der Waals surface area contributed by atoms with Crippen LogP contribution in [0.15, 0.2) is 48.5 Å². The van der Waals surface area contributed by atoms with E-state index in [1.165, 1.54) is 12.1 Å². The lowest BCUT2D eigenvalue weighted by Crippen LogP contribution is -2.35. The molecule has 1 aliphatic rings. The molecule has 2 nitrogen and oxygen atoms in total. The topological polar surface area (TPSA) is 23.5 Å². The molecule has 3 rings (SSSR count). The van der Waals surface area contributed by atoms with Crippen molar-refractivity contribution in [2.75, 3.05) is 18.0 Å². The van der Waals surface area contributed by atoms with Crippen LogP contribution in [0.4, 0.5) is 10.1 Å². The van der Waals surface area contributed by atoms with Crippen LogP contribution in [-0.4, -0.2) is 24.3 Å². The van der Waals surface area contributed by atoms with Gasteiger partial charge in [0.2, 0.25) is 0 Å². The van der Waals surface area contributed by atoms with Crippen molar-refractivity contribution >= 4 is 40.8 Å². The highest BCUT2D eigenvalue weighted by molar-refractivity contribution is 7.96. The Bertz CT molecular complexity index is 720. The molecule has 2 aromatic carbocycles. The fourth-order valence-corrected chi connectivity index (χ4v) is 3.39. The third-order valence-electron chi connectivity index (χ3n) is 4.31. The second-order valence-corrected chi connectivity index (χ2v) is 6.86. The zero-order valence-electron chi connectivity index (χ0n) is 13.2. The van der Waals surface area contributed by atoms with Gasteiger partial charge in [-0.3, -0.25) is 0 Å². The van der Waals surface area contributed by atoms with Gasteiger partial charge in [0.25, 0.3) is 0 Å². The summed E-state index contributed by atoms with van der Waals surface area (Å²) >= 11 is 9.13. The quantitative estimate of drug-likeness (QED) is 0.555. The Balaban J connectivity index is 1.79. The molecule has 0 atom stereocenters. The summed E-state index contributed by atoms with van der Waals surface area (Å²) in [5.74, 6) is -0.267. The first-order chi connectivity index (χ1) is 11.5. The Labute approximate surface area is 152 Å². The van der Waals surface area contributed by atoms with Gasteiger partial charge in [-0.25, -0.2) is 4.39 Å². The summed E-state index contributed by atoms with van der Waals surface area (Å²) in [6.45, 7) is 1.75. The van der Waals surface area contributed by atoms with Crippen molar-refractivity contribution in [3.8, 4) is 0 Å².